The number of likely N-dealkylation sites (N-methyl/N-ethyl adjacent to an activating group) is 1. The molecule has 1 aliphatic heterocycles. The number of hydrogen-bond donors (Lipinski definition) is 1. The minimum absolute atomic E-state index is 0.327. The highest BCUT2D eigenvalue weighted by Crippen LogP contribution is 2.23. The van der Waals surface area contributed by atoms with Crippen LogP contribution in [-0.2, 0) is 11.3 Å². The highest BCUT2D eigenvalue weighted by atomic mass is 32.1. The van der Waals surface area contributed by atoms with E-state index >= 15 is 0 Å². The van der Waals surface area contributed by atoms with Crippen LogP contribution < -0.4 is 5.73 Å². The molecule has 2 atom stereocenters. The smallest absolute Gasteiger partial charge is 0.0703 e. The SMILES string of the molecule is CC1OCCC1N(C)Cc1sccc1C#CCN. The summed E-state index contributed by atoms with van der Waals surface area (Å²) in [5.41, 5.74) is 6.53. The van der Waals surface area contributed by atoms with E-state index in [1.54, 1.807) is 11.3 Å². The zero-order valence-corrected chi connectivity index (χ0v) is 11.8. The molecule has 2 heterocycles. The molecule has 1 aromatic heterocycles. The van der Waals surface area contributed by atoms with E-state index in [-0.39, 0.29) is 0 Å². The van der Waals surface area contributed by atoms with Gasteiger partial charge in [-0.2, -0.15) is 0 Å². The van der Waals surface area contributed by atoms with Crippen molar-refractivity contribution in [3.8, 4) is 11.8 Å². The first kappa shape index (κ1) is 13.6. The van der Waals surface area contributed by atoms with Gasteiger partial charge in [-0.25, -0.2) is 0 Å². The first-order valence-electron chi connectivity index (χ1n) is 6.29. The van der Waals surface area contributed by atoms with E-state index in [1.807, 2.05) is 0 Å². The molecule has 2 unspecified atom stereocenters. The zero-order valence-electron chi connectivity index (χ0n) is 11.0. The van der Waals surface area contributed by atoms with Gasteiger partial charge in [-0.15, -0.1) is 11.3 Å². The minimum Gasteiger partial charge on any atom is -0.377 e. The molecular weight excluding hydrogens is 244 g/mol. The van der Waals surface area contributed by atoms with Gasteiger partial charge in [0.1, 0.15) is 0 Å². The Kier molecular flexibility index (Phi) is 4.79. The predicted molar refractivity (Wildman–Crippen MR) is 75.5 cm³/mol. The predicted octanol–water partition coefficient (Wildman–Crippen LogP) is 1.67. The number of thiophene rings is 1. The van der Waals surface area contributed by atoms with Crippen LogP contribution in [0.1, 0.15) is 23.8 Å². The van der Waals surface area contributed by atoms with Gasteiger partial charge in [0.25, 0.3) is 0 Å². The Balaban J connectivity index is 2.02. The maximum absolute atomic E-state index is 5.62. The van der Waals surface area contributed by atoms with Crippen LogP contribution in [-0.4, -0.2) is 37.2 Å². The molecule has 0 aromatic carbocycles. The van der Waals surface area contributed by atoms with Crippen LogP contribution in [0.4, 0.5) is 0 Å². The van der Waals surface area contributed by atoms with E-state index in [2.05, 4.69) is 42.2 Å². The summed E-state index contributed by atoms with van der Waals surface area (Å²) in [7, 11) is 2.16. The third-order valence-electron chi connectivity index (χ3n) is 3.37. The summed E-state index contributed by atoms with van der Waals surface area (Å²) in [6, 6.07) is 2.59. The normalized spacial score (nSPS) is 23.1. The first-order chi connectivity index (χ1) is 8.72. The lowest BCUT2D eigenvalue weighted by atomic mass is 10.1. The molecule has 1 aromatic rings. The van der Waals surface area contributed by atoms with Gasteiger partial charge in [0.2, 0.25) is 0 Å². The third-order valence-corrected chi connectivity index (χ3v) is 4.27. The van der Waals surface area contributed by atoms with Crippen molar-refractivity contribution < 1.29 is 4.74 Å². The topological polar surface area (TPSA) is 38.5 Å². The van der Waals surface area contributed by atoms with Crippen molar-refractivity contribution >= 4 is 11.3 Å². The summed E-state index contributed by atoms with van der Waals surface area (Å²) in [4.78, 5) is 3.69. The molecule has 1 fully saturated rings. The minimum atomic E-state index is 0.327. The van der Waals surface area contributed by atoms with Gasteiger partial charge >= 0.3 is 0 Å². The molecule has 0 amide bonds. The molecule has 0 aliphatic carbocycles. The molecular formula is C14H20N2OS. The van der Waals surface area contributed by atoms with Crippen molar-refractivity contribution in [3.05, 3.63) is 21.9 Å². The first-order valence-corrected chi connectivity index (χ1v) is 7.17. The van der Waals surface area contributed by atoms with E-state index in [4.69, 9.17) is 10.5 Å². The number of nitrogens with two attached hydrogens (primary N) is 1. The quantitative estimate of drug-likeness (QED) is 0.844. The fourth-order valence-electron chi connectivity index (χ4n) is 2.36. The lowest BCUT2D eigenvalue weighted by Gasteiger charge is -2.26. The molecule has 0 saturated carbocycles. The van der Waals surface area contributed by atoms with Gasteiger partial charge in [-0.3, -0.25) is 4.90 Å². The van der Waals surface area contributed by atoms with Crippen molar-refractivity contribution in [3.63, 3.8) is 0 Å². The zero-order chi connectivity index (χ0) is 13.0. The molecule has 98 valence electrons. The Morgan fingerprint density at radius 2 is 2.44 bits per heavy atom. The van der Waals surface area contributed by atoms with Crippen LogP contribution in [0.15, 0.2) is 11.4 Å². The highest BCUT2D eigenvalue weighted by molar-refractivity contribution is 7.10. The lowest BCUT2D eigenvalue weighted by molar-refractivity contribution is 0.0817. The average Bonchev–Trinajstić information content (AvgIpc) is 2.95. The van der Waals surface area contributed by atoms with E-state index in [9.17, 15) is 0 Å². The van der Waals surface area contributed by atoms with E-state index in [1.165, 1.54) is 4.88 Å². The fraction of sp³-hybridized carbons (Fsp3) is 0.571. The van der Waals surface area contributed by atoms with Crippen molar-refractivity contribution in [1.82, 2.24) is 4.90 Å². The molecule has 18 heavy (non-hydrogen) atoms. The van der Waals surface area contributed by atoms with Crippen molar-refractivity contribution in [1.29, 1.82) is 0 Å². The van der Waals surface area contributed by atoms with Gasteiger partial charge in [-0.05, 0) is 31.8 Å². The number of hydrogen-bond acceptors (Lipinski definition) is 4. The Morgan fingerprint density at radius 1 is 1.61 bits per heavy atom. The fourth-order valence-corrected chi connectivity index (χ4v) is 3.26. The summed E-state index contributed by atoms with van der Waals surface area (Å²) in [5.74, 6) is 6.06. The molecule has 0 radical (unpaired) electrons. The Morgan fingerprint density at radius 3 is 3.11 bits per heavy atom. The van der Waals surface area contributed by atoms with Crippen LogP contribution in [0.5, 0.6) is 0 Å². The monoisotopic (exact) mass is 264 g/mol. The highest BCUT2D eigenvalue weighted by Gasteiger charge is 2.28. The van der Waals surface area contributed by atoms with Crippen LogP contribution in [0, 0.1) is 11.8 Å². The summed E-state index contributed by atoms with van der Waals surface area (Å²) in [5, 5.41) is 2.10. The molecule has 2 N–H and O–H groups in total. The summed E-state index contributed by atoms with van der Waals surface area (Å²) >= 11 is 1.76. The second-order valence-corrected chi connectivity index (χ2v) is 5.61. The van der Waals surface area contributed by atoms with E-state index in [0.29, 0.717) is 18.7 Å². The van der Waals surface area contributed by atoms with Crippen LogP contribution in [0.3, 0.4) is 0 Å². The molecule has 1 aliphatic rings. The standard InChI is InChI=1S/C14H20N2OS/c1-11-13(5-8-17-11)16(2)10-14-12(4-3-7-15)6-9-18-14/h6,9,11,13H,5,7-8,10,15H2,1-2H3. The number of rotatable bonds is 3. The van der Waals surface area contributed by atoms with Crippen molar-refractivity contribution in [2.24, 2.45) is 5.73 Å². The molecule has 3 nitrogen and oxygen atoms in total. The van der Waals surface area contributed by atoms with Gasteiger partial charge in [0.05, 0.1) is 12.6 Å². The van der Waals surface area contributed by atoms with Crippen molar-refractivity contribution in [2.45, 2.75) is 32.0 Å². The third kappa shape index (κ3) is 3.12. The van der Waals surface area contributed by atoms with Gasteiger partial charge in [0.15, 0.2) is 0 Å². The number of ether oxygens (including phenoxy) is 1. The van der Waals surface area contributed by atoms with Gasteiger partial charge in [0, 0.05) is 29.6 Å². The van der Waals surface area contributed by atoms with Crippen molar-refractivity contribution in [2.75, 3.05) is 20.2 Å². The maximum Gasteiger partial charge on any atom is 0.0703 e. The molecule has 4 heteroatoms. The molecule has 0 spiro atoms. The Labute approximate surface area is 113 Å². The van der Waals surface area contributed by atoms with Gasteiger partial charge in [-0.1, -0.05) is 11.8 Å². The second-order valence-electron chi connectivity index (χ2n) is 4.61. The summed E-state index contributed by atoms with van der Waals surface area (Å²) in [6.45, 7) is 4.38. The molecule has 2 rings (SSSR count). The largest absolute Gasteiger partial charge is 0.377 e. The maximum atomic E-state index is 5.62. The summed E-state index contributed by atoms with van der Waals surface area (Å²) in [6.07, 6.45) is 1.45. The van der Waals surface area contributed by atoms with E-state index in [0.717, 1.165) is 25.1 Å². The lowest BCUT2D eigenvalue weighted by Crippen LogP contribution is -2.36. The average molecular weight is 264 g/mol. The number of nitrogens with zero attached hydrogens (tertiary/aromatic N) is 1. The van der Waals surface area contributed by atoms with Crippen LogP contribution in [0.2, 0.25) is 0 Å². The molecule has 0 bridgehead atoms. The van der Waals surface area contributed by atoms with Gasteiger partial charge < -0.3 is 10.5 Å². The Hall–Kier alpha value is -0.860. The molecule has 1 saturated heterocycles. The summed E-state index contributed by atoms with van der Waals surface area (Å²) < 4.78 is 5.62. The van der Waals surface area contributed by atoms with E-state index < -0.39 is 0 Å². The van der Waals surface area contributed by atoms with Crippen LogP contribution >= 0.6 is 11.3 Å². The Bertz CT molecular complexity index is 446. The second kappa shape index (κ2) is 6.35. The van der Waals surface area contributed by atoms with Crippen LogP contribution in [0.25, 0.3) is 0 Å².